The summed E-state index contributed by atoms with van der Waals surface area (Å²) >= 11 is 0. The normalized spacial score (nSPS) is 17.7. The van der Waals surface area contributed by atoms with Gasteiger partial charge in [0.25, 0.3) is 0 Å². The monoisotopic (exact) mass is 289 g/mol. The van der Waals surface area contributed by atoms with E-state index in [0.29, 0.717) is 5.92 Å². The fraction of sp³-hybridized carbons (Fsp3) is 0.588. The summed E-state index contributed by atoms with van der Waals surface area (Å²) in [7, 11) is 0. The molecule has 1 atom stereocenters. The van der Waals surface area contributed by atoms with Gasteiger partial charge >= 0.3 is 0 Å². The van der Waals surface area contributed by atoms with Crippen LogP contribution >= 0.6 is 0 Å². The molecule has 0 spiro atoms. The molecule has 1 aromatic carbocycles. The number of rotatable bonds is 6. The molecule has 0 bridgehead atoms. The molecule has 21 heavy (non-hydrogen) atoms. The third kappa shape index (κ3) is 4.83. The van der Waals surface area contributed by atoms with E-state index in [2.05, 4.69) is 29.4 Å². The molecule has 2 N–H and O–H groups in total. The minimum absolute atomic E-state index is 0.0609. The highest BCUT2D eigenvalue weighted by Crippen LogP contribution is 2.24. The number of benzene rings is 1. The van der Waals surface area contributed by atoms with Crippen LogP contribution in [0.4, 0.5) is 0 Å². The molecule has 0 aromatic heterocycles. The highest BCUT2D eigenvalue weighted by Gasteiger charge is 2.23. The van der Waals surface area contributed by atoms with Crippen LogP contribution in [-0.2, 0) is 4.79 Å². The molecule has 1 saturated heterocycles. The fourth-order valence-electron chi connectivity index (χ4n) is 2.88. The van der Waals surface area contributed by atoms with Crippen LogP contribution in [0, 0.1) is 5.92 Å². The molecule has 1 unspecified atom stereocenters. The van der Waals surface area contributed by atoms with Crippen LogP contribution in [0.25, 0.3) is 0 Å². The van der Waals surface area contributed by atoms with E-state index in [0.717, 1.165) is 44.8 Å². The van der Waals surface area contributed by atoms with Crippen LogP contribution in [0.3, 0.4) is 0 Å². The maximum Gasteiger partial charge on any atom is 0.227 e. The molecule has 1 aliphatic rings. The number of carbonyl (C=O) groups excluding carboxylic acids is 1. The summed E-state index contributed by atoms with van der Waals surface area (Å²) in [6.07, 6.45) is 0. The van der Waals surface area contributed by atoms with Gasteiger partial charge in [-0.3, -0.25) is 9.69 Å². The molecule has 4 nitrogen and oxygen atoms in total. The van der Waals surface area contributed by atoms with E-state index in [4.69, 9.17) is 0 Å². The number of amides is 1. The predicted molar refractivity (Wildman–Crippen MR) is 86.3 cm³/mol. The Kier molecular flexibility index (Phi) is 6.21. The van der Waals surface area contributed by atoms with Crippen molar-refractivity contribution >= 4 is 5.91 Å². The zero-order chi connectivity index (χ0) is 15.1. The zero-order valence-corrected chi connectivity index (χ0v) is 13.1. The van der Waals surface area contributed by atoms with Crippen molar-refractivity contribution in [1.29, 1.82) is 0 Å². The molecule has 1 fully saturated rings. The Morgan fingerprint density at radius 1 is 1.24 bits per heavy atom. The predicted octanol–water partition coefficient (Wildman–Crippen LogP) is 1.45. The van der Waals surface area contributed by atoms with Gasteiger partial charge in [-0.2, -0.15) is 0 Å². The Labute approximate surface area is 127 Å². The van der Waals surface area contributed by atoms with E-state index < -0.39 is 0 Å². The van der Waals surface area contributed by atoms with Gasteiger partial charge in [-0.15, -0.1) is 0 Å². The second-order valence-corrected chi connectivity index (χ2v) is 6.02. The molecule has 1 amide bonds. The lowest BCUT2D eigenvalue weighted by molar-refractivity contribution is -0.123. The maximum absolute atomic E-state index is 12.5. The van der Waals surface area contributed by atoms with E-state index >= 15 is 0 Å². The first kappa shape index (κ1) is 16.0. The van der Waals surface area contributed by atoms with Gasteiger partial charge in [-0.05, 0) is 11.5 Å². The van der Waals surface area contributed by atoms with Gasteiger partial charge in [-0.1, -0.05) is 44.2 Å². The standard InChI is InChI=1S/C17H27N3O/c1-14(2)16(15-6-4-3-5-7-15)17(21)19-10-13-20-11-8-18-9-12-20/h3-7,14,16,18H,8-13H2,1-2H3,(H,19,21). The average Bonchev–Trinajstić information content (AvgIpc) is 2.49. The minimum Gasteiger partial charge on any atom is -0.354 e. The molecular weight excluding hydrogens is 262 g/mol. The number of carbonyl (C=O) groups is 1. The van der Waals surface area contributed by atoms with Crippen LogP contribution in [0.2, 0.25) is 0 Å². The van der Waals surface area contributed by atoms with Gasteiger partial charge in [0, 0.05) is 39.3 Å². The molecule has 0 radical (unpaired) electrons. The first-order chi connectivity index (χ1) is 10.2. The molecule has 4 heteroatoms. The second kappa shape index (κ2) is 8.15. The quantitative estimate of drug-likeness (QED) is 0.833. The summed E-state index contributed by atoms with van der Waals surface area (Å²) in [5, 5.41) is 6.45. The van der Waals surface area contributed by atoms with E-state index in [1.165, 1.54) is 0 Å². The highest BCUT2D eigenvalue weighted by atomic mass is 16.1. The highest BCUT2D eigenvalue weighted by molar-refractivity contribution is 5.83. The SMILES string of the molecule is CC(C)C(C(=O)NCCN1CCNCC1)c1ccccc1. The lowest BCUT2D eigenvalue weighted by Crippen LogP contribution is -2.46. The van der Waals surface area contributed by atoms with E-state index in [-0.39, 0.29) is 11.8 Å². The summed E-state index contributed by atoms with van der Waals surface area (Å²) in [5.41, 5.74) is 1.10. The van der Waals surface area contributed by atoms with Gasteiger partial charge in [0.05, 0.1) is 5.92 Å². The first-order valence-corrected chi connectivity index (χ1v) is 7.94. The lowest BCUT2D eigenvalue weighted by atomic mass is 9.88. The molecule has 0 saturated carbocycles. The van der Waals surface area contributed by atoms with Gasteiger partial charge in [0.15, 0.2) is 0 Å². The van der Waals surface area contributed by atoms with Crippen LogP contribution in [-0.4, -0.2) is 50.1 Å². The smallest absolute Gasteiger partial charge is 0.227 e. The van der Waals surface area contributed by atoms with Crippen molar-refractivity contribution < 1.29 is 4.79 Å². The maximum atomic E-state index is 12.5. The van der Waals surface area contributed by atoms with Gasteiger partial charge in [-0.25, -0.2) is 0 Å². The first-order valence-electron chi connectivity index (χ1n) is 7.94. The summed E-state index contributed by atoms with van der Waals surface area (Å²) < 4.78 is 0. The van der Waals surface area contributed by atoms with Gasteiger partial charge in [0.1, 0.15) is 0 Å². The third-order valence-electron chi connectivity index (χ3n) is 4.04. The lowest BCUT2D eigenvalue weighted by Gasteiger charge is -2.27. The number of nitrogens with one attached hydrogen (secondary N) is 2. The number of piperazine rings is 1. The average molecular weight is 289 g/mol. The minimum atomic E-state index is -0.0609. The topological polar surface area (TPSA) is 44.4 Å². The number of hydrogen-bond donors (Lipinski definition) is 2. The summed E-state index contributed by atoms with van der Waals surface area (Å²) in [5.74, 6) is 0.382. The van der Waals surface area contributed by atoms with E-state index in [1.54, 1.807) is 0 Å². The fourth-order valence-corrected chi connectivity index (χ4v) is 2.88. The second-order valence-electron chi connectivity index (χ2n) is 6.02. The Balaban J connectivity index is 1.84. The van der Waals surface area contributed by atoms with Crippen molar-refractivity contribution in [3.63, 3.8) is 0 Å². The Bertz CT molecular complexity index is 427. The van der Waals surface area contributed by atoms with Crippen molar-refractivity contribution in [2.24, 2.45) is 5.92 Å². The molecule has 1 aliphatic heterocycles. The molecule has 116 valence electrons. The van der Waals surface area contributed by atoms with Crippen molar-refractivity contribution in [3.05, 3.63) is 35.9 Å². The van der Waals surface area contributed by atoms with E-state index in [1.807, 2.05) is 30.3 Å². The summed E-state index contributed by atoms with van der Waals surface area (Å²) in [4.78, 5) is 14.9. The van der Waals surface area contributed by atoms with E-state index in [9.17, 15) is 4.79 Å². The van der Waals surface area contributed by atoms with Crippen LogP contribution in [0.5, 0.6) is 0 Å². The Hall–Kier alpha value is -1.39. The van der Waals surface area contributed by atoms with Crippen molar-refractivity contribution in [2.45, 2.75) is 19.8 Å². The number of nitrogens with zero attached hydrogens (tertiary/aromatic N) is 1. The number of hydrogen-bond acceptors (Lipinski definition) is 3. The van der Waals surface area contributed by atoms with Crippen molar-refractivity contribution in [2.75, 3.05) is 39.3 Å². The molecule has 2 rings (SSSR count). The Morgan fingerprint density at radius 2 is 1.90 bits per heavy atom. The Morgan fingerprint density at radius 3 is 2.52 bits per heavy atom. The van der Waals surface area contributed by atoms with Gasteiger partial charge < -0.3 is 10.6 Å². The molecule has 1 aromatic rings. The van der Waals surface area contributed by atoms with Crippen LogP contribution < -0.4 is 10.6 Å². The molecule has 1 heterocycles. The van der Waals surface area contributed by atoms with Crippen molar-refractivity contribution in [3.8, 4) is 0 Å². The zero-order valence-electron chi connectivity index (χ0n) is 13.1. The summed E-state index contributed by atoms with van der Waals surface area (Å²) in [6, 6.07) is 10.1. The van der Waals surface area contributed by atoms with Crippen LogP contribution in [0.15, 0.2) is 30.3 Å². The van der Waals surface area contributed by atoms with Crippen molar-refractivity contribution in [1.82, 2.24) is 15.5 Å². The third-order valence-corrected chi connectivity index (χ3v) is 4.04. The molecular formula is C17H27N3O. The van der Waals surface area contributed by atoms with Gasteiger partial charge in [0.2, 0.25) is 5.91 Å². The summed E-state index contributed by atoms with van der Waals surface area (Å²) in [6.45, 7) is 10.1. The van der Waals surface area contributed by atoms with Crippen LogP contribution in [0.1, 0.15) is 25.3 Å². The molecule has 0 aliphatic carbocycles. The largest absolute Gasteiger partial charge is 0.354 e.